The third-order valence-electron chi connectivity index (χ3n) is 3.37. The molecule has 2 aromatic rings. The van der Waals surface area contributed by atoms with E-state index in [2.05, 4.69) is 49.8 Å². The Kier molecular flexibility index (Phi) is 2.76. The highest BCUT2D eigenvalue weighted by molar-refractivity contribution is 5.88. The molecule has 1 aromatic carbocycles. The Labute approximate surface area is 97.3 Å². The Morgan fingerprint density at radius 1 is 1.19 bits per heavy atom. The molecule has 0 amide bonds. The predicted molar refractivity (Wildman–Crippen MR) is 69.9 cm³/mol. The van der Waals surface area contributed by atoms with Crippen LogP contribution in [0.25, 0.3) is 10.9 Å². The van der Waals surface area contributed by atoms with Gasteiger partial charge in [0.1, 0.15) is 0 Å². The first-order chi connectivity index (χ1) is 7.56. The molecule has 2 heteroatoms. The number of benzene rings is 1. The number of fused-ring (bicyclic) bond motifs is 1. The number of hydrogen-bond acceptors (Lipinski definition) is 1. The normalized spacial score (nSPS) is 11.3. The molecule has 16 heavy (non-hydrogen) atoms. The van der Waals surface area contributed by atoms with Gasteiger partial charge in [0.15, 0.2) is 0 Å². The van der Waals surface area contributed by atoms with Crippen molar-refractivity contribution < 1.29 is 0 Å². The summed E-state index contributed by atoms with van der Waals surface area (Å²) in [6.07, 6.45) is 0. The van der Waals surface area contributed by atoms with Crippen LogP contribution in [0.2, 0.25) is 0 Å². The lowest BCUT2D eigenvalue weighted by Gasteiger charge is -2.06. The van der Waals surface area contributed by atoms with Crippen molar-refractivity contribution in [3.05, 3.63) is 34.5 Å². The molecule has 2 rings (SSSR count). The Morgan fingerprint density at radius 2 is 1.88 bits per heavy atom. The summed E-state index contributed by atoms with van der Waals surface area (Å²) in [6.45, 7) is 7.50. The molecule has 0 fully saturated rings. The standard InChI is InChI=1S/C14H20N2/c1-9-6-10(2)14-12(7-9)11(3)13(8-15-4)16(14)5/h6-7,15H,8H2,1-5H3. The molecule has 0 saturated heterocycles. The fraction of sp³-hybridized carbons (Fsp3) is 0.429. The van der Waals surface area contributed by atoms with Gasteiger partial charge in [0.05, 0.1) is 5.52 Å². The van der Waals surface area contributed by atoms with Gasteiger partial charge in [-0.1, -0.05) is 11.6 Å². The van der Waals surface area contributed by atoms with Gasteiger partial charge in [0.2, 0.25) is 0 Å². The molecular weight excluding hydrogens is 196 g/mol. The van der Waals surface area contributed by atoms with Gasteiger partial charge in [-0.2, -0.15) is 0 Å². The fourth-order valence-electron chi connectivity index (χ4n) is 2.65. The lowest BCUT2D eigenvalue weighted by atomic mass is 10.1. The van der Waals surface area contributed by atoms with E-state index < -0.39 is 0 Å². The summed E-state index contributed by atoms with van der Waals surface area (Å²) in [7, 11) is 4.15. The summed E-state index contributed by atoms with van der Waals surface area (Å²) in [6, 6.07) is 4.54. The van der Waals surface area contributed by atoms with Crippen LogP contribution in [0.4, 0.5) is 0 Å². The average Bonchev–Trinajstić information content (AvgIpc) is 2.43. The van der Waals surface area contributed by atoms with Gasteiger partial charge >= 0.3 is 0 Å². The highest BCUT2D eigenvalue weighted by Gasteiger charge is 2.12. The van der Waals surface area contributed by atoms with Gasteiger partial charge in [-0.25, -0.2) is 0 Å². The van der Waals surface area contributed by atoms with E-state index in [-0.39, 0.29) is 0 Å². The molecule has 0 atom stereocenters. The molecule has 0 radical (unpaired) electrons. The van der Waals surface area contributed by atoms with Crippen LogP contribution < -0.4 is 5.32 Å². The number of nitrogens with zero attached hydrogens (tertiary/aromatic N) is 1. The number of rotatable bonds is 2. The first kappa shape index (κ1) is 11.2. The minimum Gasteiger partial charge on any atom is -0.346 e. The van der Waals surface area contributed by atoms with Crippen molar-refractivity contribution in [2.45, 2.75) is 27.3 Å². The van der Waals surface area contributed by atoms with Crippen molar-refractivity contribution in [1.29, 1.82) is 0 Å². The number of aromatic nitrogens is 1. The summed E-state index contributed by atoms with van der Waals surface area (Å²) in [5, 5.41) is 4.63. The van der Waals surface area contributed by atoms with Crippen LogP contribution >= 0.6 is 0 Å². The van der Waals surface area contributed by atoms with Gasteiger partial charge in [-0.05, 0) is 45.0 Å². The Morgan fingerprint density at radius 3 is 2.50 bits per heavy atom. The van der Waals surface area contributed by atoms with E-state index >= 15 is 0 Å². The van der Waals surface area contributed by atoms with Crippen LogP contribution in [0, 0.1) is 20.8 Å². The van der Waals surface area contributed by atoms with Crippen molar-refractivity contribution >= 4 is 10.9 Å². The van der Waals surface area contributed by atoms with E-state index in [9.17, 15) is 0 Å². The van der Waals surface area contributed by atoms with Crippen molar-refractivity contribution in [2.75, 3.05) is 7.05 Å². The van der Waals surface area contributed by atoms with E-state index in [4.69, 9.17) is 0 Å². The van der Waals surface area contributed by atoms with Crippen LogP contribution in [0.1, 0.15) is 22.4 Å². The molecule has 86 valence electrons. The third kappa shape index (κ3) is 1.54. The van der Waals surface area contributed by atoms with Gasteiger partial charge in [0.25, 0.3) is 0 Å². The Balaban J connectivity index is 2.82. The van der Waals surface area contributed by atoms with E-state index in [1.807, 2.05) is 7.05 Å². The van der Waals surface area contributed by atoms with Crippen molar-refractivity contribution in [2.24, 2.45) is 7.05 Å². The van der Waals surface area contributed by atoms with E-state index in [0.29, 0.717) is 0 Å². The second-order valence-electron chi connectivity index (χ2n) is 4.64. The van der Waals surface area contributed by atoms with Crippen molar-refractivity contribution in [3.63, 3.8) is 0 Å². The van der Waals surface area contributed by atoms with Crippen LogP contribution in [0.15, 0.2) is 12.1 Å². The van der Waals surface area contributed by atoms with E-state index in [1.54, 1.807) is 0 Å². The molecule has 1 heterocycles. The molecule has 0 bridgehead atoms. The maximum atomic E-state index is 3.24. The van der Waals surface area contributed by atoms with Crippen LogP contribution in [0.5, 0.6) is 0 Å². The summed E-state index contributed by atoms with van der Waals surface area (Å²) in [5.74, 6) is 0. The summed E-state index contributed by atoms with van der Waals surface area (Å²) in [5.41, 5.74) is 6.86. The summed E-state index contributed by atoms with van der Waals surface area (Å²) >= 11 is 0. The van der Waals surface area contributed by atoms with E-state index in [0.717, 1.165) is 6.54 Å². The van der Waals surface area contributed by atoms with Crippen molar-refractivity contribution in [1.82, 2.24) is 9.88 Å². The lowest BCUT2D eigenvalue weighted by molar-refractivity contribution is 0.739. The third-order valence-corrected chi connectivity index (χ3v) is 3.37. The smallest absolute Gasteiger partial charge is 0.0512 e. The van der Waals surface area contributed by atoms with Gasteiger partial charge in [0, 0.05) is 24.7 Å². The number of hydrogen-bond donors (Lipinski definition) is 1. The maximum Gasteiger partial charge on any atom is 0.0512 e. The summed E-state index contributed by atoms with van der Waals surface area (Å²) in [4.78, 5) is 0. The zero-order valence-electron chi connectivity index (χ0n) is 10.8. The first-order valence-electron chi connectivity index (χ1n) is 5.76. The zero-order valence-corrected chi connectivity index (χ0v) is 10.8. The monoisotopic (exact) mass is 216 g/mol. The molecule has 1 aromatic heterocycles. The molecule has 0 aliphatic heterocycles. The zero-order chi connectivity index (χ0) is 11.9. The minimum absolute atomic E-state index is 0.926. The van der Waals surface area contributed by atoms with Crippen LogP contribution in [0.3, 0.4) is 0 Å². The number of aryl methyl sites for hydroxylation is 4. The lowest BCUT2D eigenvalue weighted by Crippen LogP contribution is -2.10. The van der Waals surface area contributed by atoms with Gasteiger partial charge < -0.3 is 9.88 Å². The van der Waals surface area contributed by atoms with Gasteiger partial charge in [-0.3, -0.25) is 0 Å². The predicted octanol–water partition coefficient (Wildman–Crippen LogP) is 2.82. The minimum atomic E-state index is 0.926. The largest absolute Gasteiger partial charge is 0.346 e. The fourth-order valence-corrected chi connectivity index (χ4v) is 2.65. The molecule has 0 spiro atoms. The molecule has 0 aliphatic rings. The Bertz CT molecular complexity index is 535. The number of nitrogens with one attached hydrogen (secondary N) is 1. The highest BCUT2D eigenvalue weighted by atomic mass is 15.0. The quantitative estimate of drug-likeness (QED) is 0.817. The average molecular weight is 216 g/mol. The molecule has 1 N–H and O–H groups in total. The highest BCUT2D eigenvalue weighted by Crippen LogP contribution is 2.28. The molecule has 0 unspecified atom stereocenters. The Hall–Kier alpha value is -1.28. The van der Waals surface area contributed by atoms with E-state index in [1.165, 1.54) is 33.3 Å². The molecule has 0 saturated carbocycles. The second kappa shape index (κ2) is 3.95. The van der Waals surface area contributed by atoms with Crippen LogP contribution in [-0.4, -0.2) is 11.6 Å². The van der Waals surface area contributed by atoms with Gasteiger partial charge in [-0.15, -0.1) is 0 Å². The molecule has 2 nitrogen and oxygen atoms in total. The maximum absolute atomic E-state index is 3.24. The SMILES string of the molecule is CNCc1c(C)c2cc(C)cc(C)c2n1C. The molecule has 0 aliphatic carbocycles. The van der Waals surface area contributed by atoms with Crippen LogP contribution in [-0.2, 0) is 13.6 Å². The topological polar surface area (TPSA) is 17.0 Å². The second-order valence-corrected chi connectivity index (χ2v) is 4.64. The summed E-state index contributed by atoms with van der Waals surface area (Å²) < 4.78 is 2.32. The molecular formula is C14H20N2. The first-order valence-corrected chi connectivity index (χ1v) is 5.76. The van der Waals surface area contributed by atoms with Crippen molar-refractivity contribution in [3.8, 4) is 0 Å².